The van der Waals surface area contributed by atoms with Crippen molar-refractivity contribution in [2.75, 3.05) is 51.1 Å². The maximum Gasteiger partial charge on any atom is 0.354 e. The number of aromatic nitrogens is 2. The third-order valence-electron chi connectivity index (χ3n) is 7.66. The number of anilines is 1. The van der Waals surface area contributed by atoms with Crippen LogP contribution in [0.4, 0.5) is 10.6 Å². The molecule has 2 aliphatic heterocycles. The van der Waals surface area contributed by atoms with E-state index >= 15 is 0 Å². The monoisotopic (exact) mass is 574 g/mol. The quantitative estimate of drug-likeness (QED) is 0.456. The topological polar surface area (TPSA) is 143 Å². The summed E-state index contributed by atoms with van der Waals surface area (Å²) in [5.41, 5.74) is 12.5. The standard InChI is InChI=1S/C28H42N8O3.ClH/c1-20(29)22-5-4-12-33(19-22)13-10-21-6-8-23(9-7-21)36-14-11-24(32-27(36)39)31-26(38)35-17-15-34(16-18-35)25(37)28(2,3)30;/h6-9,11,14,20,22H,4-5,10,12-13,15-19,29-30H2,1-3H3,(H,31,32,38,39);1H. The Hall–Kier alpha value is -2.99. The second-order valence-electron chi connectivity index (χ2n) is 11.4. The summed E-state index contributed by atoms with van der Waals surface area (Å²) in [5.74, 6) is 0.613. The zero-order chi connectivity index (χ0) is 28.2. The molecule has 12 heteroatoms. The van der Waals surface area contributed by atoms with Gasteiger partial charge in [0.05, 0.1) is 11.2 Å². The SMILES string of the molecule is CC(N)C1CCCN(CCc2ccc(-n3ccc(NC(=O)N4CCN(C(=O)C(C)(C)N)CC4)nc3=O)cc2)C1.Cl. The van der Waals surface area contributed by atoms with Gasteiger partial charge in [-0.25, -0.2) is 9.59 Å². The third-order valence-corrected chi connectivity index (χ3v) is 7.66. The summed E-state index contributed by atoms with van der Waals surface area (Å²) in [6.45, 7) is 10.2. The lowest BCUT2D eigenvalue weighted by molar-refractivity contribution is -0.137. The molecule has 3 amide bonds. The number of carbonyl (C=O) groups is 2. The summed E-state index contributed by atoms with van der Waals surface area (Å²) in [5, 5.41) is 2.69. The maximum absolute atomic E-state index is 12.7. The Bertz CT molecular complexity index is 1200. The van der Waals surface area contributed by atoms with Crippen molar-refractivity contribution in [3.63, 3.8) is 0 Å². The summed E-state index contributed by atoms with van der Waals surface area (Å²) >= 11 is 0. The highest BCUT2D eigenvalue weighted by molar-refractivity contribution is 5.89. The van der Waals surface area contributed by atoms with E-state index in [1.165, 1.54) is 23.0 Å². The molecule has 2 aromatic rings. The van der Waals surface area contributed by atoms with Crippen LogP contribution in [0.2, 0.25) is 0 Å². The van der Waals surface area contributed by atoms with Crippen molar-refractivity contribution in [3.8, 4) is 5.69 Å². The predicted octanol–water partition coefficient (Wildman–Crippen LogP) is 1.67. The van der Waals surface area contributed by atoms with Crippen LogP contribution in [0.15, 0.2) is 41.3 Å². The molecule has 2 unspecified atom stereocenters. The number of piperidine rings is 1. The van der Waals surface area contributed by atoms with Gasteiger partial charge in [0.15, 0.2) is 0 Å². The highest BCUT2D eigenvalue weighted by atomic mass is 35.5. The van der Waals surface area contributed by atoms with E-state index in [4.69, 9.17) is 11.5 Å². The summed E-state index contributed by atoms with van der Waals surface area (Å²) in [4.78, 5) is 47.6. The highest BCUT2D eigenvalue weighted by Crippen LogP contribution is 2.19. The number of benzene rings is 1. The normalized spacial score (nSPS) is 19.1. The van der Waals surface area contributed by atoms with E-state index in [-0.39, 0.29) is 36.2 Å². The van der Waals surface area contributed by atoms with E-state index in [1.807, 2.05) is 24.3 Å². The number of urea groups is 1. The van der Waals surface area contributed by atoms with Crippen LogP contribution >= 0.6 is 12.4 Å². The Balaban J connectivity index is 0.00000441. The van der Waals surface area contributed by atoms with Crippen LogP contribution in [0.1, 0.15) is 39.2 Å². The molecule has 4 rings (SSSR count). The molecule has 1 aromatic heterocycles. The smallest absolute Gasteiger partial charge is 0.338 e. The van der Waals surface area contributed by atoms with E-state index in [0.717, 1.165) is 26.1 Å². The van der Waals surface area contributed by atoms with Crippen LogP contribution in [0.25, 0.3) is 5.69 Å². The maximum atomic E-state index is 12.7. The van der Waals surface area contributed by atoms with E-state index < -0.39 is 11.2 Å². The number of hydrogen-bond donors (Lipinski definition) is 3. The first-order chi connectivity index (χ1) is 18.5. The highest BCUT2D eigenvalue weighted by Gasteiger charge is 2.31. The summed E-state index contributed by atoms with van der Waals surface area (Å²) in [6.07, 6.45) is 4.96. The van der Waals surface area contributed by atoms with Crippen molar-refractivity contribution in [1.29, 1.82) is 0 Å². The average Bonchev–Trinajstić information content (AvgIpc) is 2.91. The lowest BCUT2D eigenvalue weighted by Gasteiger charge is -2.37. The largest absolute Gasteiger partial charge is 0.354 e. The number of rotatable bonds is 7. The fourth-order valence-corrected chi connectivity index (χ4v) is 5.21. The number of piperazine rings is 1. The molecule has 0 spiro atoms. The first-order valence-corrected chi connectivity index (χ1v) is 13.8. The van der Waals surface area contributed by atoms with E-state index in [2.05, 4.69) is 22.1 Å². The molecule has 0 bridgehead atoms. The zero-order valence-electron chi connectivity index (χ0n) is 23.7. The molecule has 2 aliphatic rings. The van der Waals surface area contributed by atoms with Crippen LogP contribution in [-0.4, -0.2) is 93.6 Å². The van der Waals surface area contributed by atoms with Gasteiger partial charge in [-0.3, -0.25) is 14.7 Å². The van der Waals surface area contributed by atoms with Crippen molar-refractivity contribution in [3.05, 3.63) is 52.6 Å². The second kappa shape index (κ2) is 13.6. The molecule has 1 aromatic carbocycles. The second-order valence-corrected chi connectivity index (χ2v) is 11.4. The Labute approximate surface area is 242 Å². The molecular formula is C28H43ClN8O3. The predicted molar refractivity (Wildman–Crippen MR) is 159 cm³/mol. The number of nitrogens with zero attached hydrogens (tertiary/aromatic N) is 5. The zero-order valence-corrected chi connectivity index (χ0v) is 24.5. The molecule has 5 N–H and O–H groups in total. The van der Waals surface area contributed by atoms with Gasteiger partial charge in [-0.05, 0) is 76.3 Å². The fourth-order valence-electron chi connectivity index (χ4n) is 5.21. The van der Waals surface area contributed by atoms with Gasteiger partial charge in [-0.15, -0.1) is 12.4 Å². The van der Waals surface area contributed by atoms with Crippen molar-refractivity contribution in [1.82, 2.24) is 24.3 Å². The third kappa shape index (κ3) is 8.03. The molecule has 11 nitrogen and oxygen atoms in total. The Morgan fingerprint density at radius 1 is 1.07 bits per heavy atom. The Kier molecular flexibility index (Phi) is 10.7. The van der Waals surface area contributed by atoms with Gasteiger partial charge in [-0.2, -0.15) is 4.98 Å². The van der Waals surface area contributed by atoms with Crippen molar-refractivity contribution >= 4 is 30.2 Å². The number of carbonyl (C=O) groups excluding carboxylic acids is 2. The first kappa shape index (κ1) is 31.5. The summed E-state index contributed by atoms with van der Waals surface area (Å²) in [6, 6.07) is 9.40. The van der Waals surface area contributed by atoms with Gasteiger partial charge < -0.3 is 26.2 Å². The summed E-state index contributed by atoms with van der Waals surface area (Å²) in [7, 11) is 0. The molecule has 0 aliphatic carbocycles. The Morgan fingerprint density at radius 3 is 2.33 bits per heavy atom. The number of nitrogens with one attached hydrogen (secondary N) is 1. The minimum atomic E-state index is -0.945. The van der Waals surface area contributed by atoms with Gasteiger partial charge in [0.25, 0.3) is 0 Å². The lowest BCUT2D eigenvalue weighted by Crippen LogP contribution is -2.58. The summed E-state index contributed by atoms with van der Waals surface area (Å²) < 4.78 is 1.45. The molecule has 0 saturated carbocycles. The van der Waals surface area contributed by atoms with Crippen LogP contribution in [0, 0.1) is 5.92 Å². The lowest BCUT2D eigenvalue weighted by atomic mass is 9.92. The van der Waals surface area contributed by atoms with Gasteiger partial charge in [0.2, 0.25) is 5.91 Å². The van der Waals surface area contributed by atoms with Crippen molar-refractivity contribution in [2.24, 2.45) is 17.4 Å². The molecule has 220 valence electrons. The molecular weight excluding hydrogens is 532 g/mol. The minimum Gasteiger partial charge on any atom is -0.338 e. The molecule has 40 heavy (non-hydrogen) atoms. The van der Waals surface area contributed by atoms with Crippen molar-refractivity contribution < 1.29 is 9.59 Å². The first-order valence-electron chi connectivity index (χ1n) is 13.8. The van der Waals surface area contributed by atoms with Crippen LogP contribution in [0.3, 0.4) is 0 Å². The minimum absolute atomic E-state index is 0. The Morgan fingerprint density at radius 2 is 1.73 bits per heavy atom. The number of likely N-dealkylation sites (tertiary alicyclic amines) is 1. The van der Waals surface area contributed by atoms with Gasteiger partial charge >= 0.3 is 11.7 Å². The van der Waals surface area contributed by atoms with E-state index in [9.17, 15) is 14.4 Å². The molecule has 2 atom stereocenters. The van der Waals surface area contributed by atoms with Crippen LogP contribution in [0.5, 0.6) is 0 Å². The number of nitrogens with two attached hydrogens (primary N) is 2. The van der Waals surface area contributed by atoms with Gasteiger partial charge in [0, 0.05) is 51.5 Å². The number of halogens is 1. The molecule has 0 radical (unpaired) electrons. The average molecular weight is 575 g/mol. The van der Waals surface area contributed by atoms with Gasteiger partial charge in [-0.1, -0.05) is 12.1 Å². The van der Waals surface area contributed by atoms with E-state index in [0.29, 0.717) is 37.8 Å². The van der Waals surface area contributed by atoms with Crippen LogP contribution in [-0.2, 0) is 11.2 Å². The molecule has 2 fully saturated rings. The molecule has 2 saturated heterocycles. The fraction of sp³-hybridized carbons (Fsp3) is 0.571. The number of amides is 3. The van der Waals surface area contributed by atoms with Crippen molar-refractivity contribution in [2.45, 2.75) is 51.6 Å². The van der Waals surface area contributed by atoms with Gasteiger partial charge in [0.1, 0.15) is 5.82 Å². The number of hydrogen-bond acceptors (Lipinski definition) is 7. The van der Waals surface area contributed by atoms with E-state index in [1.54, 1.807) is 35.9 Å². The molecule has 3 heterocycles. The van der Waals surface area contributed by atoms with Crippen LogP contribution < -0.4 is 22.5 Å².